The smallest absolute Gasteiger partial charge is 1.00 e. The van der Waals surface area contributed by atoms with E-state index in [1.807, 2.05) is 0 Å². The van der Waals surface area contributed by atoms with Crippen LogP contribution in [-0.4, -0.2) is 26.4 Å². The molecule has 0 aliphatic carbocycles. The first kappa shape index (κ1) is 18.9. The second-order valence-corrected chi connectivity index (χ2v) is 2.34. The van der Waals surface area contributed by atoms with E-state index in [0.29, 0.717) is 0 Å². The van der Waals surface area contributed by atoms with E-state index in [2.05, 4.69) is 10.8 Å². The summed E-state index contributed by atoms with van der Waals surface area (Å²) in [6, 6.07) is 0. The van der Waals surface area contributed by atoms with Crippen molar-refractivity contribution in [1.29, 1.82) is 0 Å². The van der Waals surface area contributed by atoms with Crippen LogP contribution in [0.2, 0.25) is 0 Å². The van der Waals surface area contributed by atoms with Gasteiger partial charge in [0, 0.05) is 5.57 Å². The molecule has 0 saturated heterocycles. The molecule has 0 saturated carbocycles. The maximum absolute atomic E-state index is 9.60. The molecule has 0 aliphatic heterocycles. The van der Waals surface area contributed by atoms with Gasteiger partial charge in [-0.05, 0) is 13.8 Å². The number of hydrogen-bond acceptors (Lipinski definition) is 4. The number of carboxylic acids is 1. The molecule has 5 nitrogen and oxygen atoms in total. The van der Waals surface area contributed by atoms with Gasteiger partial charge in [-0.25, -0.2) is 9.00 Å². The van der Waals surface area contributed by atoms with Gasteiger partial charge in [0.1, 0.15) is 0 Å². The van der Waals surface area contributed by atoms with E-state index in [-0.39, 0.29) is 43.2 Å². The zero-order valence-corrected chi connectivity index (χ0v) is 10.7. The molecule has 0 bridgehead atoms. The zero-order chi connectivity index (χ0) is 10.1. The molecule has 1 unspecified atom stereocenters. The molecule has 0 amide bonds. The predicted octanol–water partition coefficient (Wildman–Crippen LogP) is -2.42. The fraction of sp³-hybridized carbons (Fsp3) is 0.500. The van der Waals surface area contributed by atoms with Crippen molar-refractivity contribution < 1.29 is 53.8 Å². The first-order valence-corrected chi connectivity index (χ1v) is 4.03. The van der Waals surface area contributed by atoms with Gasteiger partial charge in [-0.15, -0.1) is 0 Å². The molecule has 0 aromatic rings. The van der Waals surface area contributed by atoms with E-state index in [1.165, 1.54) is 6.92 Å². The van der Waals surface area contributed by atoms with Gasteiger partial charge in [-0.3, -0.25) is 0 Å². The minimum absolute atomic E-state index is 0. The van der Waals surface area contributed by atoms with Crippen LogP contribution >= 0.6 is 0 Å². The summed E-state index contributed by atoms with van der Waals surface area (Å²) in [4.78, 5) is 9.60. The second kappa shape index (κ2) is 12.3. The Morgan fingerprint density at radius 3 is 2.08 bits per heavy atom. The van der Waals surface area contributed by atoms with Gasteiger partial charge in [-0.2, -0.15) is 0 Å². The van der Waals surface area contributed by atoms with Crippen molar-refractivity contribution in [3.05, 3.63) is 12.2 Å². The average Bonchev–Trinajstić information content (AvgIpc) is 1.87. The Morgan fingerprint density at radius 2 is 2.08 bits per heavy atom. The molecular weight excluding hydrogens is 207 g/mol. The second-order valence-electron chi connectivity index (χ2n) is 1.70. The van der Waals surface area contributed by atoms with Gasteiger partial charge in [0.2, 0.25) is 0 Å². The molecule has 0 aromatic heterocycles. The summed E-state index contributed by atoms with van der Waals surface area (Å²) in [5.41, 5.74) is 0.176. The van der Waals surface area contributed by atoms with Gasteiger partial charge >= 0.3 is 35.5 Å². The van der Waals surface area contributed by atoms with E-state index in [0.717, 1.165) is 0 Å². The number of carboxylic acid groups (broad SMARTS) is 1. The summed E-state index contributed by atoms with van der Waals surface area (Å²) >= 11 is -2.32. The minimum Gasteiger partial charge on any atom is -1.00 e. The van der Waals surface area contributed by atoms with Crippen molar-refractivity contribution in [1.82, 2.24) is 0 Å². The Bertz CT molecular complexity index is 175. The molecule has 1 N–H and O–H groups in total. The number of carbonyl (C=O) groups is 1. The van der Waals surface area contributed by atoms with Crippen LogP contribution in [0, 0.1) is 0 Å². The van der Waals surface area contributed by atoms with E-state index in [4.69, 9.17) is 5.11 Å². The molecule has 1 atom stereocenters. The van der Waals surface area contributed by atoms with Crippen LogP contribution in [0.3, 0.4) is 0 Å². The monoisotopic (exact) mass is 219 g/mol. The van der Waals surface area contributed by atoms with E-state index < -0.39 is 17.3 Å². The molecule has 74 valence electrons. The largest absolute Gasteiger partial charge is 1.00 e. The van der Waals surface area contributed by atoms with Gasteiger partial charge in [0.25, 0.3) is 0 Å². The van der Waals surface area contributed by atoms with Crippen LogP contribution in [0.4, 0.5) is 0 Å². The fourth-order valence-corrected chi connectivity index (χ4v) is 0.289. The normalized spacial score (nSPS) is 10.1. The fourth-order valence-electron chi connectivity index (χ4n) is 0.0962. The predicted molar refractivity (Wildman–Crippen MR) is 44.1 cm³/mol. The summed E-state index contributed by atoms with van der Waals surface area (Å²) in [5.74, 6) is -0.935. The van der Waals surface area contributed by atoms with Crippen LogP contribution in [0.1, 0.15) is 15.3 Å². The molecular formula is C6H12NaO5S-. The first-order valence-electron chi connectivity index (χ1n) is 3.03. The van der Waals surface area contributed by atoms with Crippen molar-refractivity contribution in [2.45, 2.75) is 13.8 Å². The third-order valence-corrected chi connectivity index (χ3v) is 1.01. The van der Waals surface area contributed by atoms with Gasteiger partial charge in [0.15, 0.2) is 0 Å². The number of hydrogen-bond donors (Lipinski definition) is 1. The van der Waals surface area contributed by atoms with E-state index in [9.17, 15) is 13.6 Å². The Labute approximate surface area is 103 Å². The van der Waals surface area contributed by atoms with Gasteiger partial charge in [0.05, 0.1) is 18.0 Å². The Balaban J connectivity index is -0.0000000625. The Kier molecular flexibility index (Phi) is 17.9. The van der Waals surface area contributed by atoms with Gasteiger partial charge in [-0.1, -0.05) is 6.58 Å². The van der Waals surface area contributed by atoms with Crippen LogP contribution in [0.5, 0.6) is 0 Å². The molecule has 13 heavy (non-hydrogen) atoms. The summed E-state index contributed by atoms with van der Waals surface area (Å²) in [6.45, 7) is 6.43. The molecule has 0 aromatic carbocycles. The Morgan fingerprint density at radius 1 is 1.77 bits per heavy atom. The third-order valence-electron chi connectivity index (χ3n) is 0.579. The first-order chi connectivity index (χ1) is 5.41. The topological polar surface area (TPSA) is 86.7 Å². The molecule has 0 aliphatic rings. The van der Waals surface area contributed by atoms with Crippen molar-refractivity contribution in [3.8, 4) is 0 Å². The summed E-state index contributed by atoms with van der Waals surface area (Å²) in [7, 11) is 0. The molecule has 7 heteroatoms. The summed E-state index contributed by atoms with van der Waals surface area (Å²) in [6.07, 6.45) is 0. The summed E-state index contributed by atoms with van der Waals surface area (Å²) in [5, 5.41) is 7.89. The van der Waals surface area contributed by atoms with Crippen molar-refractivity contribution in [2.24, 2.45) is 0 Å². The molecule has 0 radical (unpaired) electrons. The average molecular weight is 219 g/mol. The summed E-state index contributed by atoms with van der Waals surface area (Å²) < 4.78 is 22.7. The van der Waals surface area contributed by atoms with Crippen molar-refractivity contribution in [2.75, 3.05) is 6.61 Å². The van der Waals surface area contributed by atoms with Crippen LogP contribution in [0.25, 0.3) is 0 Å². The van der Waals surface area contributed by atoms with Crippen LogP contribution in [-0.2, 0) is 20.3 Å². The third kappa shape index (κ3) is 24.5. The molecule has 0 heterocycles. The minimum atomic E-state index is -2.32. The van der Waals surface area contributed by atoms with Crippen molar-refractivity contribution >= 4 is 17.3 Å². The molecule has 0 spiro atoms. The number of aliphatic carboxylic acids is 1. The number of rotatable bonds is 3. The van der Waals surface area contributed by atoms with Crippen molar-refractivity contribution in [3.63, 3.8) is 0 Å². The zero-order valence-electron chi connectivity index (χ0n) is 8.90. The SMILES string of the molecule is C=C(C)C(=O)O.CCOS(=O)[O-].[H-].[Na+]. The maximum Gasteiger partial charge on any atom is 1.00 e. The molecule has 0 fully saturated rings. The maximum atomic E-state index is 9.60. The van der Waals surface area contributed by atoms with Crippen LogP contribution < -0.4 is 29.6 Å². The van der Waals surface area contributed by atoms with Crippen LogP contribution in [0.15, 0.2) is 12.2 Å². The Hall–Kier alpha value is 0.280. The van der Waals surface area contributed by atoms with Gasteiger partial charge < -0.3 is 15.3 Å². The standard InChI is InChI=1S/C4H6O2.C2H6O3S.Na.H/c1-3(2)4(5)6;1-2-5-6(3)4;;/h1H2,2H3,(H,5,6);2H2,1H3,(H,3,4);;/q;;+1;-1/p-1. The molecule has 0 rings (SSSR count). The quantitative estimate of drug-likeness (QED) is 0.324. The van der Waals surface area contributed by atoms with E-state index >= 15 is 0 Å². The van der Waals surface area contributed by atoms with E-state index in [1.54, 1.807) is 6.92 Å².